The molecule has 2 aromatic rings. The van der Waals surface area contributed by atoms with Crippen LogP contribution in [0.1, 0.15) is 18.5 Å². The minimum atomic E-state index is -0.736. The van der Waals surface area contributed by atoms with Gasteiger partial charge in [-0.25, -0.2) is 9.69 Å². The van der Waals surface area contributed by atoms with E-state index in [9.17, 15) is 14.4 Å². The van der Waals surface area contributed by atoms with Crippen LogP contribution in [0.2, 0.25) is 0 Å². The van der Waals surface area contributed by atoms with Crippen molar-refractivity contribution in [1.29, 1.82) is 0 Å². The average Bonchev–Trinajstić information content (AvgIpc) is 3.21. The van der Waals surface area contributed by atoms with Gasteiger partial charge in [0.2, 0.25) is 11.8 Å². The Kier molecular flexibility index (Phi) is 5.03. The van der Waals surface area contributed by atoms with Crippen LogP contribution in [0, 0.1) is 11.8 Å². The fourth-order valence-electron chi connectivity index (χ4n) is 4.23. The molecular formula is C21H20BrN2O4+. The molecule has 2 amide bonds. The minimum Gasteiger partial charge on any atom is -0.462 e. The number of esters is 1. The van der Waals surface area contributed by atoms with E-state index in [0.29, 0.717) is 5.69 Å². The second kappa shape index (κ2) is 7.48. The lowest BCUT2D eigenvalue weighted by molar-refractivity contribution is -0.700. The fourth-order valence-corrected chi connectivity index (χ4v) is 4.50. The molecule has 7 heteroatoms. The predicted octanol–water partition coefficient (Wildman–Crippen LogP) is 1.80. The van der Waals surface area contributed by atoms with Gasteiger partial charge in [0.1, 0.15) is 17.9 Å². The smallest absolute Gasteiger partial charge is 0.365 e. The molecule has 2 aromatic carbocycles. The summed E-state index contributed by atoms with van der Waals surface area (Å²) in [6.07, 6.45) is 0. The standard InChI is InChI=1S/C21H19BrN2O4/c1-2-28-21(27)18-16-15(17(23-18)12-6-4-3-5-7-12)19(25)24(20(16)26)14-10-8-13(22)9-11-14/h3-11,15-18,23H,2H2,1H3/p+1/t15-,16+,17+,18-/m1/s1. The SMILES string of the molecule is CCOC(=O)[C@@H]1[NH2+][C@@H](c2ccccc2)[C@@H]2C(=O)N(c3ccc(Br)cc3)C(=O)[C@@H]21. The number of ether oxygens (including phenoxy) is 1. The number of anilines is 1. The number of hydrogen-bond acceptors (Lipinski definition) is 4. The topological polar surface area (TPSA) is 80.3 Å². The number of amides is 2. The van der Waals surface area contributed by atoms with E-state index in [0.717, 1.165) is 10.0 Å². The van der Waals surface area contributed by atoms with E-state index in [2.05, 4.69) is 15.9 Å². The molecule has 6 nitrogen and oxygen atoms in total. The zero-order valence-electron chi connectivity index (χ0n) is 15.2. The van der Waals surface area contributed by atoms with Crippen molar-refractivity contribution in [3.63, 3.8) is 0 Å². The number of fused-ring (bicyclic) bond motifs is 1. The first kappa shape index (κ1) is 18.8. The van der Waals surface area contributed by atoms with E-state index in [-0.39, 0.29) is 24.5 Å². The maximum atomic E-state index is 13.3. The normalized spacial score (nSPS) is 26.4. The Morgan fingerprint density at radius 3 is 2.32 bits per heavy atom. The van der Waals surface area contributed by atoms with Crippen molar-refractivity contribution in [2.24, 2.45) is 11.8 Å². The molecule has 0 spiro atoms. The molecular weight excluding hydrogens is 424 g/mol. The number of nitrogens with zero attached hydrogens (tertiary/aromatic N) is 1. The van der Waals surface area contributed by atoms with Crippen molar-refractivity contribution in [3.8, 4) is 0 Å². The molecule has 0 radical (unpaired) electrons. The number of benzene rings is 2. The van der Waals surface area contributed by atoms with Crippen LogP contribution in [0.4, 0.5) is 5.69 Å². The molecule has 2 saturated heterocycles. The zero-order valence-corrected chi connectivity index (χ0v) is 16.8. The Morgan fingerprint density at radius 1 is 1.04 bits per heavy atom. The van der Waals surface area contributed by atoms with Crippen molar-refractivity contribution >= 4 is 39.4 Å². The number of rotatable bonds is 4. The molecule has 4 rings (SSSR count). The van der Waals surface area contributed by atoms with Crippen molar-refractivity contribution in [1.82, 2.24) is 0 Å². The molecule has 2 aliphatic rings. The molecule has 28 heavy (non-hydrogen) atoms. The third kappa shape index (κ3) is 3.04. The highest BCUT2D eigenvalue weighted by Crippen LogP contribution is 2.42. The van der Waals surface area contributed by atoms with E-state index in [1.165, 1.54) is 4.90 Å². The number of carbonyl (C=O) groups is 3. The third-order valence-electron chi connectivity index (χ3n) is 5.41. The second-order valence-corrected chi connectivity index (χ2v) is 7.86. The van der Waals surface area contributed by atoms with E-state index in [4.69, 9.17) is 4.74 Å². The highest BCUT2D eigenvalue weighted by atomic mass is 79.9. The highest BCUT2D eigenvalue weighted by Gasteiger charge is 2.64. The maximum Gasteiger partial charge on any atom is 0.365 e. The zero-order chi connectivity index (χ0) is 19.8. The monoisotopic (exact) mass is 443 g/mol. The van der Waals surface area contributed by atoms with Gasteiger partial charge in [0.15, 0.2) is 6.04 Å². The van der Waals surface area contributed by atoms with Crippen molar-refractivity contribution in [3.05, 3.63) is 64.6 Å². The first-order chi connectivity index (χ1) is 13.5. The quantitative estimate of drug-likeness (QED) is 0.576. The van der Waals surface area contributed by atoms with Gasteiger partial charge in [-0.3, -0.25) is 9.59 Å². The van der Waals surface area contributed by atoms with Gasteiger partial charge in [-0.1, -0.05) is 46.3 Å². The van der Waals surface area contributed by atoms with Gasteiger partial charge in [0, 0.05) is 10.0 Å². The van der Waals surface area contributed by atoms with Crippen LogP contribution in [-0.2, 0) is 19.1 Å². The summed E-state index contributed by atoms with van der Waals surface area (Å²) in [5.41, 5.74) is 1.44. The number of carbonyl (C=O) groups excluding carboxylic acids is 3. The number of imide groups is 1. The molecule has 4 atom stereocenters. The lowest BCUT2D eigenvalue weighted by atomic mass is 9.86. The first-order valence-electron chi connectivity index (χ1n) is 9.23. The van der Waals surface area contributed by atoms with Gasteiger partial charge in [0.25, 0.3) is 0 Å². The van der Waals surface area contributed by atoms with E-state index < -0.39 is 23.8 Å². The molecule has 2 N–H and O–H groups in total. The maximum absolute atomic E-state index is 13.3. The van der Waals surface area contributed by atoms with Crippen LogP contribution < -0.4 is 10.2 Å². The number of nitrogens with two attached hydrogens (primary N) is 1. The predicted molar refractivity (Wildman–Crippen MR) is 105 cm³/mol. The molecule has 2 heterocycles. The van der Waals surface area contributed by atoms with Gasteiger partial charge in [0.05, 0.1) is 12.3 Å². The average molecular weight is 444 g/mol. The Bertz CT molecular complexity index is 916. The van der Waals surface area contributed by atoms with Crippen molar-refractivity contribution in [2.75, 3.05) is 11.5 Å². The largest absolute Gasteiger partial charge is 0.462 e. The Balaban J connectivity index is 1.75. The third-order valence-corrected chi connectivity index (χ3v) is 5.94. The molecule has 0 aromatic heterocycles. The number of quaternary nitrogens is 1. The molecule has 0 unspecified atom stereocenters. The Hall–Kier alpha value is -2.51. The highest BCUT2D eigenvalue weighted by molar-refractivity contribution is 9.10. The first-order valence-corrected chi connectivity index (χ1v) is 10.0. The summed E-state index contributed by atoms with van der Waals surface area (Å²) in [5.74, 6) is -2.40. The summed E-state index contributed by atoms with van der Waals surface area (Å²) in [5, 5.41) is 1.82. The molecule has 0 saturated carbocycles. The van der Waals surface area contributed by atoms with Gasteiger partial charge in [-0.05, 0) is 31.2 Å². The van der Waals surface area contributed by atoms with E-state index in [1.807, 2.05) is 35.6 Å². The van der Waals surface area contributed by atoms with E-state index >= 15 is 0 Å². The second-order valence-electron chi connectivity index (χ2n) is 6.95. The van der Waals surface area contributed by atoms with Gasteiger partial charge < -0.3 is 10.1 Å². The fraction of sp³-hybridized carbons (Fsp3) is 0.286. The van der Waals surface area contributed by atoms with Crippen LogP contribution in [-0.4, -0.2) is 30.4 Å². The van der Waals surface area contributed by atoms with Crippen molar-refractivity contribution < 1.29 is 24.4 Å². The Morgan fingerprint density at radius 2 is 1.68 bits per heavy atom. The van der Waals surface area contributed by atoms with Crippen LogP contribution >= 0.6 is 15.9 Å². The number of hydrogen-bond donors (Lipinski definition) is 1. The molecule has 0 bridgehead atoms. The van der Waals surface area contributed by atoms with Gasteiger partial charge >= 0.3 is 5.97 Å². The minimum absolute atomic E-state index is 0.231. The molecule has 0 aliphatic carbocycles. The molecule has 2 fully saturated rings. The van der Waals surface area contributed by atoms with Gasteiger partial charge in [-0.15, -0.1) is 0 Å². The molecule has 144 valence electrons. The molecule has 2 aliphatic heterocycles. The summed E-state index contributed by atoms with van der Waals surface area (Å²) in [6, 6.07) is 15.5. The van der Waals surface area contributed by atoms with E-state index in [1.54, 1.807) is 31.2 Å². The van der Waals surface area contributed by atoms with Crippen LogP contribution in [0.5, 0.6) is 0 Å². The lowest BCUT2D eigenvalue weighted by Gasteiger charge is -2.20. The Labute approximate surface area is 171 Å². The summed E-state index contributed by atoms with van der Waals surface area (Å²) in [4.78, 5) is 40.3. The summed E-state index contributed by atoms with van der Waals surface area (Å²) >= 11 is 3.36. The summed E-state index contributed by atoms with van der Waals surface area (Å²) in [7, 11) is 0. The van der Waals surface area contributed by atoms with Crippen molar-refractivity contribution in [2.45, 2.75) is 19.0 Å². The van der Waals surface area contributed by atoms with Crippen LogP contribution in [0.15, 0.2) is 59.1 Å². The summed E-state index contributed by atoms with van der Waals surface area (Å²) in [6.45, 7) is 1.96. The van der Waals surface area contributed by atoms with Gasteiger partial charge in [-0.2, -0.15) is 0 Å². The van der Waals surface area contributed by atoms with Crippen LogP contribution in [0.3, 0.4) is 0 Å². The number of halogens is 1. The van der Waals surface area contributed by atoms with Crippen LogP contribution in [0.25, 0.3) is 0 Å². The lowest BCUT2D eigenvalue weighted by Crippen LogP contribution is -2.91. The summed E-state index contributed by atoms with van der Waals surface area (Å²) < 4.78 is 6.06.